The number of anilines is 2. The lowest BCUT2D eigenvalue weighted by atomic mass is 10.2. The molecule has 0 aliphatic rings. The van der Waals surface area contributed by atoms with Gasteiger partial charge in [-0.05, 0) is 48.5 Å². The molecule has 3 rings (SSSR count). The third-order valence-electron chi connectivity index (χ3n) is 3.55. The Kier molecular flexibility index (Phi) is 6.02. The monoisotopic (exact) mass is 381 g/mol. The van der Waals surface area contributed by atoms with E-state index in [2.05, 4.69) is 15.6 Å². The van der Waals surface area contributed by atoms with Gasteiger partial charge in [0, 0.05) is 17.4 Å². The molecule has 0 spiro atoms. The maximum atomic E-state index is 12.2. The third kappa shape index (κ3) is 5.29. The molecule has 27 heavy (non-hydrogen) atoms. The van der Waals surface area contributed by atoms with Crippen LogP contribution in [0.1, 0.15) is 10.4 Å². The molecule has 1 aromatic heterocycles. The Morgan fingerprint density at radius 2 is 1.70 bits per heavy atom. The first-order valence-electron chi connectivity index (χ1n) is 8.10. The second kappa shape index (κ2) is 8.82. The van der Waals surface area contributed by atoms with Gasteiger partial charge in [0.2, 0.25) is 0 Å². The first-order chi connectivity index (χ1) is 13.1. The van der Waals surface area contributed by atoms with Crippen molar-refractivity contribution < 1.29 is 14.3 Å². The van der Waals surface area contributed by atoms with Crippen molar-refractivity contribution in [3.8, 4) is 5.75 Å². The number of nitrogens with zero attached hydrogens (tertiary/aromatic N) is 1. The fraction of sp³-hybridized carbons (Fsp3) is 0.0500. The van der Waals surface area contributed by atoms with Crippen molar-refractivity contribution in [3.63, 3.8) is 0 Å². The van der Waals surface area contributed by atoms with Crippen LogP contribution in [0.3, 0.4) is 0 Å². The standard InChI is InChI=1S/C20H16ClN3O3/c21-17-5-1-2-6-18(17)27-13-19(25)23-15-9-7-14(8-10-15)20(26)24-16-4-3-11-22-12-16/h1-12H,13H2,(H,23,25)(H,24,26). The number of rotatable bonds is 6. The number of pyridine rings is 1. The number of benzene rings is 2. The molecule has 2 N–H and O–H groups in total. The van der Waals surface area contributed by atoms with Crippen molar-refractivity contribution in [3.05, 3.63) is 83.6 Å². The molecule has 3 aromatic rings. The van der Waals surface area contributed by atoms with Crippen LogP contribution in [-0.4, -0.2) is 23.4 Å². The first-order valence-corrected chi connectivity index (χ1v) is 8.48. The minimum atomic E-state index is -0.331. The molecule has 0 saturated heterocycles. The number of carbonyl (C=O) groups excluding carboxylic acids is 2. The van der Waals surface area contributed by atoms with Gasteiger partial charge in [-0.25, -0.2) is 0 Å². The van der Waals surface area contributed by atoms with E-state index in [-0.39, 0.29) is 18.4 Å². The van der Waals surface area contributed by atoms with Crippen LogP contribution in [0.15, 0.2) is 73.1 Å². The topological polar surface area (TPSA) is 80.3 Å². The Morgan fingerprint density at radius 1 is 0.926 bits per heavy atom. The van der Waals surface area contributed by atoms with Crippen LogP contribution in [0.5, 0.6) is 5.75 Å². The molecule has 6 nitrogen and oxygen atoms in total. The number of hydrogen-bond donors (Lipinski definition) is 2. The molecule has 0 radical (unpaired) electrons. The van der Waals surface area contributed by atoms with Crippen LogP contribution in [0.4, 0.5) is 11.4 Å². The molecule has 0 fully saturated rings. The van der Waals surface area contributed by atoms with Crippen LogP contribution in [0.2, 0.25) is 5.02 Å². The number of hydrogen-bond acceptors (Lipinski definition) is 4. The molecular weight excluding hydrogens is 366 g/mol. The molecule has 136 valence electrons. The average molecular weight is 382 g/mol. The summed E-state index contributed by atoms with van der Waals surface area (Å²) in [5.41, 5.74) is 1.63. The summed E-state index contributed by atoms with van der Waals surface area (Å²) in [5.74, 6) is -0.151. The Morgan fingerprint density at radius 3 is 2.41 bits per heavy atom. The number of aromatic nitrogens is 1. The maximum absolute atomic E-state index is 12.2. The van der Waals surface area contributed by atoms with Gasteiger partial charge >= 0.3 is 0 Å². The fourth-order valence-corrected chi connectivity index (χ4v) is 2.44. The van der Waals surface area contributed by atoms with Crippen LogP contribution in [0, 0.1) is 0 Å². The van der Waals surface area contributed by atoms with E-state index in [9.17, 15) is 9.59 Å². The molecule has 2 amide bonds. The average Bonchev–Trinajstić information content (AvgIpc) is 2.69. The Labute approximate surface area is 161 Å². The van der Waals surface area contributed by atoms with E-state index in [0.717, 1.165) is 0 Å². The minimum absolute atomic E-state index is 0.174. The van der Waals surface area contributed by atoms with Crippen molar-refractivity contribution in [1.82, 2.24) is 4.98 Å². The second-order valence-electron chi connectivity index (χ2n) is 5.54. The van der Waals surface area contributed by atoms with Crippen LogP contribution in [-0.2, 0) is 4.79 Å². The van der Waals surface area contributed by atoms with E-state index in [0.29, 0.717) is 27.7 Å². The number of para-hydroxylation sites is 1. The zero-order valence-electron chi connectivity index (χ0n) is 14.2. The zero-order chi connectivity index (χ0) is 19.1. The predicted molar refractivity (Wildman–Crippen MR) is 104 cm³/mol. The molecule has 2 aromatic carbocycles. The lowest BCUT2D eigenvalue weighted by Gasteiger charge is -2.09. The van der Waals surface area contributed by atoms with Gasteiger partial charge in [0.05, 0.1) is 16.9 Å². The highest BCUT2D eigenvalue weighted by Crippen LogP contribution is 2.23. The summed E-state index contributed by atoms with van der Waals surface area (Å²) in [7, 11) is 0. The maximum Gasteiger partial charge on any atom is 0.262 e. The summed E-state index contributed by atoms with van der Waals surface area (Å²) in [4.78, 5) is 28.1. The van der Waals surface area contributed by atoms with Crippen LogP contribution >= 0.6 is 11.6 Å². The number of nitrogens with one attached hydrogen (secondary N) is 2. The highest BCUT2D eigenvalue weighted by Gasteiger charge is 2.08. The van der Waals surface area contributed by atoms with E-state index in [1.165, 1.54) is 0 Å². The number of amides is 2. The fourth-order valence-electron chi connectivity index (χ4n) is 2.25. The van der Waals surface area contributed by atoms with Crippen LogP contribution < -0.4 is 15.4 Å². The summed E-state index contributed by atoms with van der Waals surface area (Å²) < 4.78 is 5.39. The third-order valence-corrected chi connectivity index (χ3v) is 3.86. The smallest absolute Gasteiger partial charge is 0.262 e. The molecule has 0 bridgehead atoms. The van der Waals surface area contributed by atoms with Crippen molar-refractivity contribution in [1.29, 1.82) is 0 Å². The highest BCUT2D eigenvalue weighted by molar-refractivity contribution is 6.32. The van der Waals surface area contributed by atoms with Gasteiger partial charge in [-0.1, -0.05) is 23.7 Å². The van der Waals surface area contributed by atoms with Gasteiger partial charge in [-0.15, -0.1) is 0 Å². The summed E-state index contributed by atoms with van der Waals surface area (Å²) in [6.07, 6.45) is 3.19. The lowest BCUT2D eigenvalue weighted by molar-refractivity contribution is -0.118. The van der Waals surface area contributed by atoms with Gasteiger partial charge < -0.3 is 15.4 Å². The van der Waals surface area contributed by atoms with E-state index >= 15 is 0 Å². The molecule has 0 aliphatic carbocycles. The van der Waals surface area contributed by atoms with E-state index in [4.69, 9.17) is 16.3 Å². The van der Waals surface area contributed by atoms with E-state index < -0.39 is 0 Å². The molecule has 0 saturated carbocycles. The Hall–Kier alpha value is -3.38. The lowest BCUT2D eigenvalue weighted by Crippen LogP contribution is -2.20. The highest BCUT2D eigenvalue weighted by atomic mass is 35.5. The first kappa shape index (κ1) is 18.4. The van der Waals surface area contributed by atoms with Crippen molar-refractivity contribution in [2.45, 2.75) is 0 Å². The Bertz CT molecular complexity index is 931. The number of halogens is 1. The number of ether oxygens (including phenoxy) is 1. The van der Waals surface area contributed by atoms with Crippen molar-refractivity contribution in [2.75, 3.05) is 17.2 Å². The summed E-state index contributed by atoms with van der Waals surface area (Å²) >= 11 is 5.97. The molecule has 0 unspecified atom stereocenters. The number of carbonyl (C=O) groups is 2. The predicted octanol–water partition coefficient (Wildman–Crippen LogP) is 4.00. The van der Waals surface area contributed by atoms with Crippen molar-refractivity contribution in [2.24, 2.45) is 0 Å². The van der Waals surface area contributed by atoms with Crippen molar-refractivity contribution >= 4 is 34.8 Å². The Balaban J connectivity index is 1.53. The molecule has 0 atom stereocenters. The normalized spacial score (nSPS) is 10.1. The molecule has 1 heterocycles. The largest absolute Gasteiger partial charge is 0.482 e. The summed E-state index contributed by atoms with van der Waals surface area (Å²) in [5, 5.41) is 5.88. The quantitative estimate of drug-likeness (QED) is 0.676. The van der Waals surface area contributed by atoms with Gasteiger partial charge in [-0.2, -0.15) is 0 Å². The minimum Gasteiger partial charge on any atom is -0.482 e. The summed E-state index contributed by atoms with van der Waals surface area (Å²) in [6, 6.07) is 16.9. The second-order valence-corrected chi connectivity index (χ2v) is 5.95. The SMILES string of the molecule is O=C(COc1ccccc1Cl)Nc1ccc(C(=O)Nc2cccnc2)cc1. The van der Waals surface area contributed by atoms with Gasteiger partial charge in [0.1, 0.15) is 5.75 Å². The van der Waals surface area contributed by atoms with Crippen LogP contribution in [0.25, 0.3) is 0 Å². The van der Waals surface area contributed by atoms with Gasteiger partial charge in [-0.3, -0.25) is 14.6 Å². The van der Waals surface area contributed by atoms with E-state index in [1.807, 2.05) is 0 Å². The van der Waals surface area contributed by atoms with E-state index in [1.54, 1.807) is 73.1 Å². The zero-order valence-corrected chi connectivity index (χ0v) is 14.9. The molecule has 0 aliphatic heterocycles. The summed E-state index contributed by atoms with van der Waals surface area (Å²) in [6.45, 7) is -0.174. The molecule has 7 heteroatoms. The molecular formula is C20H16ClN3O3. The van der Waals surface area contributed by atoms with Gasteiger partial charge in [0.25, 0.3) is 11.8 Å². The van der Waals surface area contributed by atoms with Gasteiger partial charge in [0.15, 0.2) is 6.61 Å².